The second-order valence-electron chi connectivity index (χ2n) is 8.41. The summed E-state index contributed by atoms with van der Waals surface area (Å²) < 4.78 is 11.0. The zero-order valence-electron chi connectivity index (χ0n) is 20.3. The van der Waals surface area contributed by atoms with Crippen molar-refractivity contribution in [3.05, 3.63) is 71.3 Å². The van der Waals surface area contributed by atoms with Crippen LogP contribution in [0.5, 0.6) is 5.75 Å². The van der Waals surface area contributed by atoms with E-state index < -0.39 is 5.97 Å². The molecule has 0 aliphatic heterocycles. The van der Waals surface area contributed by atoms with E-state index in [0.717, 1.165) is 43.2 Å². The van der Waals surface area contributed by atoms with Gasteiger partial charge in [-0.25, -0.2) is 4.79 Å². The van der Waals surface area contributed by atoms with Gasteiger partial charge in [0.1, 0.15) is 17.4 Å². The molecule has 1 atom stereocenters. The number of carbonyl (C=O) groups is 1. The Morgan fingerprint density at radius 1 is 0.879 bits per heavy atom. The van der Waals surface area contributed by atoms with Crippen LogP contribution in [0.15, 0.2) is 60.2 Å². The monoisotopic (exact) mass is 447 g/mol. The van der Waals surface area contributed by atoms with Crippen LogP contribution in [0.2, 0.25) is 0 Å². The van der Waals surface area contributed by atoms with Crippen LogP contribution < -0.4 is 4.74 Å². The average molecular weight is 448 g/mol. The fraction of sp³-hybridized carbons (Fsp3) is 0.448. The Morgan fingerprint density at radius 2 is 1.52 bits per heavy atom. The van der Waals surface area contributed by atoms with Crippen molar-refractivity contribution in [2.24, 2.45) is 5.92 Å². The van der Waals surface area contributed by atoms with Crippen molar-refractivity contribution in [1.82, 2.24) is 0 Å². The minimum absolute atomic E-state index is 0.0339. The van der Waals surface area contributed by atoms with Gasteiger partial charge in [0.15, 0.2) is 0 Å². The highest BCUT2D eigenvalue weighted by atomic mass is 16.5. The summed E-state index contributed by atoms with van der Waals surface area (Å²) in [5.74, 6) is 0.503. The van der Waals surface area contributed by atoms with Gasteiger partial charge in [0.05, 0.1) is 13.7 Å². The van der Waals surface area contributed by atoms with Crippen molar-refractivity contribution in [2.75, 3.05) is 13.7 Å². The molecule has 0 aromatic heterocycles. The molecular weight excluding hydrogens is 410 g/mol. The first-order chi connectivity index (χ1) is 16.1. The summed E-state index contributed by atoms with van der Waals surface area (Å²) in [6.45, 7) is 4.75. The summed E-state index contributed by atoms with van der Waals surface area (Å²) in [6.07, 6.45) is 9.17. The maximum atomic E-state index is 13.1. The highest BCUT2D eigenvalue weighted by Crippen LogP contribution is 2.29. The van der Waals surface area contributed by atoms with E-state index in [0.29, 0.717) is 23.8 Å². The summed E-state index contributed by atoms with van der Waals surface area (Å²) in [6, 6.07) is 19.0. The van der Waals surface area contributed by atoms with Gasteiger partial charge in [-0.3, -0.25) is 0 Å². The van der Waals surface area contributed by atoms with E-state index in [2.05, 4.69) is 19.9 Å². The number of esters is 1. The molecular formula is C29H37NO3. The van der Waals surface area contributed by atoms with E-state index in [-0.39, 0.29) is 5.57 Å². The highest BCUT2D eigenvalue weighted by molar-refractivity contribution is 6.05. The largest absolute Gasteiger partial charge is 0.497 e. The quantitative estimate of drug-likeness (QED) is 0.132. The Kier molecular flexibility index (Phi) is 11.8. The van der Waals surface area contributed by atoms with Crippen molar-refractivity contribution in [2.45, 2.75) is 65.2 Å². The summed E-state index contributed by atoms with van der Waals surface area (Å²) >= 11 is 0. The third-order valence-corrected chi connectivity index (χ3v) is 5.89. The minimum atomic E-state index is -0.553. The van der Waals surface area contributed by atoms with Gasteiger partial charge in [0, 0.05) is 5.57 Å². The number of nitrogens with zero attached hydrogens (tertiary/aromatic N) is 1. The lowest BCUT2D eigenvalue weighted by atomic mass is 9.93. The van der Waals surface area contributed by atoms with Gasteiger partial charge in [0.25, 0.3) is 0 Å². The lowest BCUT2D eigenvalue weighted by Gasteiger charge is -2.17. The molecule has 2 aromatic carbocycles. The highest BCUT2D eigenvalue weighted by Gasteiger charge is 2.21. The van der Waals surface area contributed by atoms with Crippen LogP contribution in [0.4, 0.5) is 0 Å². The van der Waals surface area contributed by atoms with Crippen LogP contribution in [0, 0.1) is 17.2 Å². The molecule has 0 aliphatic rings. The maximum absolute atomic E-state index is 13.1. The Bertz CT molecular complexity index is 910. The van der Waals surface area contributed by atoms with Crippen LogP contribution in [0.25, 0.3) is 5.57 Å². The maximum Gasteiger partial charge on any atom is 0.349 e. The SMILES string of the molecule is CCCCCCC(CCCC)COC(=O)C(C#N)=C(c1ccccc1)c1ccc(OC)cc1. The molecule has 0 heterocycles. The smallest absolute Gasteiger partial charge is 0.349 e. The van der Waals surface area contributed by atoms with Crippen molar-refractivity contribution in [3.8, 4) is 11.8 Å². The van der Waals surface area contributed by atoms with Gasteiger partial charge in [-0.05, 0) is 42.0 Å². The molecule has 0 saturated carbocycles. The Hall–Kier alpha value is -3.06. The Morgan fingerprint density at radius 3 is 2.12 bits per heavy atom. The second kappa shape index (κ2) is 14.9. The van der Waals surface area contributed by atoms with Gasteiger partial charge in [0.2, 0.25) is 0 Å². The van der Waals surface area contributed by atoms with Crippen LogP contribution in [0.1, 0.15) is 76.3 Å². The zero-order valence-corrected chi connectivity index (χ0v) is 20.3. The number of methoxy groups -OCH3 is 1. The predicted octanol–water partition coefficient (Wildman–Crippen LogP) is 7.34. The number of hydrogen-bond acceptors (Lipinski definition) is 4. The first kappa shape index (κ1) is 26.2. The molecule has 0 aliphatic carbocycles. The van der Waals surface area contributed by atoms with Gasteiger partial charge < -0.3 is 9.47 Å². The van der Waals surface area contributed by atoms with Crippen molar-refractivity contribution in [3.63, 3.8) is 0 Å². The molecule has 0 saturated heterocycles. The fourth-order valence-corrected chi connectivity index (χ4v) is 3.95. The average Bonchev–Trinajstić information content (AvgIpc) is 2.86. The van der Waals surface area contributed by atoms with Crippen molar-refractivity contribution >= 4 is 11.5 Å². The number of nitriles is 1. The summed E-state index contributed by atoms with van der Waals surface area (Å²) in [4.78, 5) is 13.1. The molecule has 33 heavy (non-hydrogen) atoms. The molecule has 0 fully saturated rings. The first-order valence-corrected chi connectivity index (χ1v) is 12.2. The van der Waals surface area contributed by atoms with Gasteiger partial charge in [-0.1, -0.05) is 94.8 Å². The van der Waals surface area contributed by atoms with E-state index in [1.54, 1.807) is 7.11 Å². The lowest BCUT2D eigenvalue weighted by molar-refractivity contribution is -0.140. The topological polar surface area (TPSA) is 59.3 Å². The fourth-order valence-electron chi connectivity index (χ4n) is 3.95. The van der Waals surface area contributed by atoms with E-state index >= 15 is 0 Å². The minimum Gasteiger partial charge on any atom is -0.497 e. The van der Waals surface area contributed by atoms with Gasteiger partial charge in [-0.2, -0.15) is 5.26 Å². The molecule has 4 nitrogen and oxygen atoms in total. The summed E-state index contributed by atoms with van der Waals surface area (Å²) in [7, 11) is 1.61. The number of rotatable bonds is 14. The van der Waals surface area contributed by atoms with E-state index in [1.807, 2.05) is 54.6 Å². The van der Waals surface area contributed by atoms with E-state index in [1.165, 1.54) is 19.3 Å². The van der Waals surface area contributed by atoms with Crippen LogP contribution in [0.3, 0.4) is 0 Å². The van der Waals surface area contributed by atoms with E-state index in [9.17, 15) is 10.1 Å². The number of unbranched alkanes of at least 4 members (excludes halogenated alkanes) is 4. The molecule has 0 spiro atoms. The molecule has 0 radical (unpaired) electrons. The second-order valence-corrected chi connectivity index (χ2v) is 8.41. The molecule has 0 N–H and O–H groups in total. The number of ether oxygens (including phenoxy) is 2. The zero-order chi connectivity index (χ0) is 23.9. The molecule has 0 bridgehead atoms. The lowest BCUT2D eigenvalue weighted by Crippen LogP contribution is -2.17. The standard InChI is InChI=1S/C29H37NO3/c1-4-6-8-10-14-23(13-7-5-2)22-33-29(31)27(21-30)28(24-15-11-9-12-16-24)25-17-19-26(32-3)20-18-25/h9,11-12,15-20,23H,4-8,10,13-14,22H2,1-3H3. The Balaban J connectivity index is 2.27. The van der Waals surface area contributed by atoms with Gasteiger partial charge in [-0.15, -0.1) is 0 Å². The molecule has 0 amide bonds. The first-order valence-electron chi connectivity index (χ1n) is 12.2. The van der Waals surface area contributed by atoms with Crippen LogP contribution in [-0.4, -0.2) is 19.7 Å². The van der Waals surface area contributed by atoms with E-state index in [4.69, 9.17) is 9.47 Å². The van der Waals surface area contributed by atoms with Crippen molar-refractivity contribution in [1.29, 1.82) is 5.26 Å². The molecule has 1 unspecified atom stereocenters. The number of carbonyl (C=O) groups excluding carboxylic acids is 1. The molecule has 2 aromatic rings. The Labute approximate surface area is 199 Å². The normalized spacial score (nSPS) is 12.4. The number of benzene rings is 2. The summed E-state index contributed by atoms with van der Waals surface area (Å²) in [5.41, 5.74) is 2.20. The third kappa shape index (κ3) is 8.42. The third-order valence-electron chi connectivity index (χ3n) is 5.89. The van der Waals surface area contributed by atoms with Crippen LogP contribution >= 0.6 is 0 Å². The van der Waals surface area contributed by atoms with Gasteiger partial charge >= 0.3 is 5.97 Å². The summed E-state index contributed by atoms with van der Waals surface area (Å²) in [5, 5.41) is 9.96. The predicted molar refractivity (Wildman–Crippen MR) is 134 cm³/mol. The number of hydrogen-bond donors (Lipinski definition) is 0. The molecule has 176 valence electrons. The molecule has 4 heteroatoms. The molecule has 2 rings (SSSR count). The van der Waals surface area contributed by atoms with Crippen LogP contribution in [-0.2, 0) is 9.53 Å². The van der Waals surface area contributed by atoms with Crippen molar-refractivity contribution < 1.29 is 14.3 Å².